The van der Waals surface area contributed by atoms with E-state index < -0.39 is 0 Å². The molecule has 1 aromatic rings. The molecule has 0 heterocycles. The number of quaternary nitrogens is 1. The highest BCUT2D eigenvalue weighted by Crippen LogP contribution is 2.20. The molecule has 0 fully saturated rings. The zero-order chi connectivity index (χ0) is 35.9. The van der Waals surface area contributed by atoms with E-state index in [2.05, 4.69) is 87.6 Å². The summed E-state index contributed by atoms with van der Waals surface area (Å²) in [5.74, 6) is 0. The van der Waals surface area contributed by atoms with Crippen LogP contribution in [-0.4, -0.2) is 24.1 Å². The fourth-order valence-electron chi connectivity index (χ4n) is 7.48. The number of nitrogens with zero attached hydrogens (tertiary/aromatic N) is 1. The molecule has 0 N–H and O–H groups in total. The first kappa shape index (κ1) is 46.4. The van der Waals surface area contributed by atoms with Crippen LogP contribution in [0.25, 0.3) is 0 Å². The number of unbranched alkanes of at least 4 members (excludes halogenated alkanes) is 24. The van der Waals surface area contributed by atoms with Crippen LogP contribution in [0.15, 0.2) is 66.8 Å². The van der Waals surface area contributed by atoms with Gasteiger partial charge < -0.3 is 4.48 Å². The summed E-state index contributed by atoms with van der Waals surface area (Å²) in [6.45, 7) is 11.8. The molecule has 0 unspecified atom stereocenters. The predicted molar refractivity (Wildman–Crippen MR) is 228 cm³/mol. The van der Waals surface area contributed by atoms with E-state index >= 15 is 0 Å². The summed E-state index contributed by atoms with van der Waals surface area (Å²) in [7, 11) is 0. The molecule has 1 aromatic carbocycles. The topological polar surface area (TPSA) is 0 Å². The van der Waals surface area contributed by atoms with Crippen molar-refractivity contribution in [1.82, 2.24) is 0 Å². The van der Waals surface area contributed by atoms with Crippen molar-refractivity contribution in [2.45, 2.75) is 220 Å². The van der Waals surface area contributed by atoms with Gasteiger partial charge in [0.1, 0.15) is 6.54 Å². The molecule has 0 amide bonds. The molecule has 1 rings (SSSR count). The molecule has 0 saturated heterocycles. The van der Waals surface area contributed by atoms with Crippen molar-refractivity contribution >= 4 is 0 Å². The van der Waals surface area contributed by atoms with Gasteiger partial charge in [0.15, 0.2) is 0 Å². The molecular formula is C49H88N+. The number of hydrogen-bond acceptors (Lipinski definition) is 0. The second-order valence-electron chi connectivity index (χ2n) is 15.7. The third kappa shape index (κ3) is 30.1. The van der Waals surface area contributed by atoms with Gasteiger partial charge in [0.2, 0.25) is 0 Å². The quantitative estimate of drug-likeness (QED) is 0.0368. The van der Waals surface area contributed by atoms with Crippen LogP contribution in [0.2, 0.25) is 0 Å². The molecule has 0 spiro atoms. The maximum atomic E-state index is 2.52. The van der Waals surface area contributed by atoms with E-state index in [0.29, 0.717) is 0 Å². The molecule has 288 valence electrons. The monoisotopic (exact) mass is 691 g/mol. The van der Waals surface area contributed by atoms with Gasteiger partial charge in [-0.25, -0.2) is 0 Å². The Balaban J connectivity index is 2.66. The Labute approximate surface area is 315 Å². The molecule has 0 aromatic heterocycles. The van der Waals surface area contributed by atoms with Crippen molar-refractivity contribution in [2.24, 2.45) is 0 Å². The highest BCUT2D eigenvalue weighted by Gasteiger charge is 2.25. The summed E-state index contributed by atoms with van der Waals surface area (Å²) < 4.78 is 1.20. The van der Waals surface area contributed by atoms with Gasteiger partial charge in [-0.15, -0.1) is 0 Å². The lowest BCUT2D eigenvalue weighted by molar-refractivity contribution is -0.940. The molecule has 0 aliphatic heterocycles. The van der Waals surface area contributed by atoms with Crippen LogP contribution in [0.1, 0.15) is 219 Å². The molecule has 0 bridgehead atoms. The SMILES string of the molecule is CCCCCCCCCC/C=C/CC[N+](CC/C=C/CCCCCCCCCC)(CC/C=C/CCCCCCCCCC)Cc1ccccc1. The largest absolute Gasteiger partial charge is 0.319 e. The van der Waals surface area contributed by atoms with Crippen molar-refractivity contribution in [2.75, 3.05) is 19.6 Å². The lowest BCUT2D eigenvalue weighted by Gasteiger charge is -2.39. The maximum absolute atomic E-state index is 2.52. The van der Waals surface area contributed by atoms with E-state index in [1.165, 1.54) is 222 Å². The summed E-state index contributed by atoms with van der Waals surface area (Å²) in [5, 5.41) is 0. The zero-order valence-corrected chi connectivity index (χ0v) is 34.3. The van der Waals surface area contributed by atoms with E-state index in [1.807, 2.05) is 0 Å². The van der Waals surface area contributed by atoms with Crippen molar-refractivity contribution in [1.29, 1.82) is 0 Å². The number of rotatable bonds is 38. The van der Waals surface area contributed by atoms with Gasteiger partial charge in [-0.1, -0.05) is 222 Å². The van der Waals surface area contributed by atoms with Gasteiger partial charge in [-0.2, -0.15) is 0 Å². The first-order valence-corrected chi connectivity index (χ1v) is 22.6. The van der Waals surface area contributed by atoms with E-state index in [1.54, 1.807) is 0 Å². The van der Waals surface area contributed by atoms with Gasteiger partial charge in [-0.3, -0.25) is 0 Å². The fourth-order valence-corrected chi connectivity index (χ4v) is 7.48. The van der Waals surface area contributed by atoms with E-state index in [4.69, 9.17) is 0 Å². The number of hydrogen-bond donors (Lipinski definition) is 0. The summed E-state index contributed by atoms with van der Waals surface area (Å²) in [4.78, 5) is 0. The van der Waals surface area contributed by atoms with E-state index in [-0.39, 0.29) is 0 Å². The van der Waals surface area contributed by atoms with Crippen molar-refractivity contribution in [3.63, 3.8) is 0 Å². The normalized spacial score (nSPS) is 12.4. The minimum Gasteiger partial charge on any atom is -0.319 e. The average Bonchev–Trinajstić information content (AvgIpc) is 3.13. The van der Waals surface area contributed by atoms with Crippen LogP contribution in [0.3, 0.4) is 0 Å². The van der Waals surface area contributed by atoms with Crippen LogP contribution in [-0.2, 0) is 6.54 Å². The molecule has 1 heteroatoms. The van der Waals surface area contributed by atoms with Gasteiger partial charge in [0, 0.05) is 24.8 Å². The molecule has 0 aliphatic carbocycles. The third-order valence-electron chi connectivity index (χ3n) is 10.8. The second-order valence-corrected chi connectivity index (χ2v) is 15.7. The Bertz CT molecular complexity index is 796. The summed E-state index contributed by atoms with van der Waals surface area (Å²) >= 11 is 0. The molecular weight excluding hydrogens is 603 g/mol. The van der Waals surface area contributed by atoms with Crippen LogP contribution in [0.4, 0.5) is 0 Å². The Hall–Kier alpha value is -1.60. The van der Waals surface area contributed by atoms with E-state index in [9.17, 15) is 0 Å². The summed E-state index contributed by atoms with van der Waals surface area (Å²) in [6.07, 6.45) is 56.3. The van der Waals surface area contributed by atoms with Gasteiger partial charge in [0.05, 0.1) is 19.6 Å². The van der Waals surface area contributed by atoms with Crippen molar-refractivity contribution < 1.29 is 4.48 Å². The fraction of sp³-hybridized carbons (Fsp3) is 0.755. The summed E-state index contributed by atoms with van der Waals surface area (Å²) in [6, 6.07) is 11.4. The first-order chi connectivity index (χ1) is 24.8. The number of benzene rings is 1. The van der Waals surface area contributed by atoms with Crippen LogP contribution in [0, 0.1) is 0 Å². The molecule has 0 radical (unpaired) electrons. The van der Waals surface area contributed by atoms with Crippen molar-refractivity contribution in [3.05, 3.63) is 72.4 Å². The molecule has 0 aliphatic rings. The minimum atomic E-state index is 1.16. The van der Waals surface area contributed by atoms with Gasteiger partial charge in [-0.05, 0) is 38.5 Å². The first-order valence-electron chi connectivity index (χ1n) is 22.6. The maximum Gasteiger partial charge on any atom is 0.104 e. The highest BCUT2D eigenvalue weighted by molar-refractivity contribution is 5.13. The lowest BCUT2D eigenvalue weighted by Crippen LogP contribution is -2.49. The predicted octanol–water partition coefficient (Wildman–Crippen LogP) is 16.4. The Morgan fingerprint density at radius 3 is 0.940 bits per heavy atom. The Morgan fingerprint density at radius 2 is 0.620 bits per heavy atom. The van der Waals surface area contributed by atoms with Crippen LogP contribution >= 0.6 is 0 Å². The smallest absolute Gasteiger partial charge is 0.104 e. The van der Waals surface area contributed by atoms with Gasteiger partial charge in [0.25, 0.3) is 0 Å². The number of allylic oxidation sites excluding steroid dienone is 3. The Morgan fingerprint density at radius 1 is 0.340 bits per heavy atom. The van der Waals surface area contributed by atoms with Gasteiger partial charge >= 0.3 is 0 Å². The lowest BCUT2D eigenvalue weighted by atomic mass is 10.1. The standard InChI is InChI=1S/C49H88N/c1-4-7-10-13-16-19-22-25-28-31-34-40-45-50(48-49-43-38-37-39-44-49,46-41-35-32-29-26-23-20-17-14-11-8-5-2)47-42-36-33-30-27-24-21-18-15-12-9-6-3/h31-39,43-44H,4-30,40-42,45-48H2,1-3H3/q+1/b34-31+,35-32+,36-33+. The second kappa shape index (κ2) is 37.2. The summed E-state index contributed by atoms with van der Waals surface area (Å²) in [5.41, 5.74) is 1.50. The molecule has 50 heavy (non-hydrogen) atoms. The van der Waals surface area contributed by atoms with Crippen molar-refractivity contribution in [3.8, 4) is 0 Å². The molecule has 1 nitrogen and oxygen atoms in total. The highest BCUT2D eigenvalue weighted by atomic mass is 15.3. The zero-order valence-electron chi connectivity index (χ0n) is 34.3. The molecule has 0 saturated carbocycles. The van der Waals surface area contributed by atoms with Crippen LogP contribution in [0.5, 0.6) is 0 Å². The molecule has 0 atom stereocenters. The minimum absolute atomic E-state index is 1.16. The van der Waals surface area contributed by atoms with Crippen LogP contribution < -0.4 is 0 Å². The van der Waals surface area contributed by atoms with E-state index in [0.717, 1.165) is 6.54 Å². The average molecular weight is 691 g/mol. The Kier molecular flexibility index (Phi) is 34.5. The third-order valence-corrected chi connectivity index (χ3v) is 10.8.